The maximum atomic E-state index is 12.2. The summed E-state index contributed by atoms with van der Waals surface area (Å²) in [7, 11) is 3.57. The predicted octanol–water partition coefficient (Wildman–Crippen LogP) is 2.79. The van der Waals surface area contributed by atoms with E-state index in [2.05, 4.69) is 15.0 Å². The second kappa shape index (κ2) is 5.19. The third-order valence-electron chi connectivity index (χ3n) is 4.19. The van der Waals surface area contributed by atoms with Gasteiger partial charge < -0.3 is 14.3 Å². The number of hydrogen-bond acceptors (Lipinski definition) is 4. The molecule has 0 aliphatic rings. The van der Waals surface area contributed by atoms with Gasteiger partial charge in [0.15, 0.2) is 0 Å². The molecule has 0 unspecified atom stereocenters. The van der Waals surface area contributed by atoms with Gasteiger partial charge >= 0.3 is 0 Å². The van der Waals surface area contributed by atoms with Crippen molar-refractivity contribution >= 4 is 21.8 Å². The Labute approximate surface area is 137 Å². The molecule has 6 heteroatoms. The van der Waals surface area contributed by atoms with E-state index in [4.69, 9.17) is 4.74 Å². The van der Waals surface area contributed by atoms with E-state index in [1.54, 1.807) is 20.2 Å². The third kappa shape index (κ3) is 2.15. The van der Waals surface area contributed by atoms with Crippen LogP contribution < -0.4 is 10.3 Å². The molecule has 3 aromatic heterocycles. The van der Waals surface area contributed by atoms with Crippen LogP contribution in [0.2, 0.25) is 0 Å². The fraction of sp³-hybridized carbons (Fsp3) is 0.167. The van der Waals surface area contributed by atoms with E-state index in [1.807, 2.05) is 42.1 Å². The van der Waals surface area contributed by atoms with E-state index >= 15 is 0 Å². The SMILES string of the molecule is COc1cc2c(-c3ccc4nc(C)[nH]c(=O)c4c3)cn(C)c2cn1. The molecule has 0 saturated carbocycles. The number of nitrogens with zero attached hydrogens (tertiary/aromatic N) is 3. The van der Waals surface area contributed by atoms with Crippen LogP contribution in [0.4, 0.5) is 0 Å². The van der Waals surface area contributed by atoms with Crippen LogP contribution >= 0.6 is 0 Å². The Bertz CT molecular complexity index is 1140. The van der Waals surface area contributed by atoms with Gasteiger partial charge in [-0.05, 0) is 24.6 Å². The Balaban J connectivity index is 2.00. The first-order valence-corrected chi connectivity index (χ1v) is 7.57. The first-order chi connectivity index (χ1) is 11.6. The van der Waals surface area contributed by atoms with Crippen molar-refractivity contribution in [2.24, 2.45) is 7.05 Å². The smallest absolute Gasteiger partial charge is 0.258 e. The monoisotopic (exact) mass is 320 g/mol. The van der Waals surface area contributed by atoms with Crippen LogP contribution in [-0.4, -0.2) is 26.6 Å². The first kappa shape index (κ1) is 14.4. The zero-order valence-corrected chi connectivity index (χ0v) is 13.6. The van der Waals surface area contributed by atoms with Crippen molar-refractivity contribution in [1.82, 2.24) is 19.5 Å². The maximum Gasteiger partial charge on any atom is 0.258 e. The van der Waals surface area contributed by atoms with E-state index in [9.17, 15) is 4.79 Å². The van der Waals surface area contributed by atoms with Crippen molar-refractivity contribution in [3.63, 3.8) is 0 Å². The highest BCUT2D eigenvalue weighted by molar-refractivity contribution is 5.98. The molecule has 0 fully saturated rings. The molecule has 120 valence electrons. The normalized spacial score (nSPS) is 11.3. The third-order valence-corrected chi connectivity index (χ3v) is 4.19. The van der Waals surface area contributed by atoms with E-state index in [1.165, 1.54) is 0 Å². The lowest BCUT2D eigenvalue weighted by Gasteiger charge is -2.04. The van der Waals surface area contributed by atoms with Gasteiger partial charge in [-0.15, -0.1) is 0 Å². The van der Waals surface area contributed by atoms with Gasteiger partial charge in [0.1, 0.15) is 5.82 Å². The fourth-order valence-corrected chi connectivity index (χ4v) is 3.02. The van der Waals surface area contributed by atoms with Gasteiger partial charge in [0.25, 0.3) is 5.56 Å². The van der Waals surface area contributed by atoms with Crippen LogP contribution in [0, 0.1) is 6.92 Å². The molecule has 0 atom stereocenters. The van der Waals surface area contributed by atoms with Gasteiger partial charge in [0.05, 0.1) is 29.7 Å². The van der Waals surface area contributed by atoms with Gasteiger partial charge in [-0.1, -0.05) is 6.07 Å². The molecule has 0 spiro atoms. The van der Waals surface area contributed by atoms with Crippen molar-refractivity contribution in [2.75, 3.05) is 7.11 Å². The Morgan fingerprint density at radius 1 is 1.21 bits per heavy atom. The number of aromatic amines is 1. The molecule has 1 N–H and O–H groups in total. The van der Waals surface area contributed by atoms with Crippen LogP contribution in [-0.2, 0) is 7.05 Å². The number of ether oxygens (including phenoxy) is 1. The minimum absolute atomic E-state index is 0.126. The van der Waals surface area contributed by atoms with Crippen molar-refractivity contribution in [1.29, 1.82) is 0 Å². The molecule has 4 aromatic rings. The molecular weight excluding hydrogens is 304 g/mol. The number of rotatable bonds is 2. The molecule has 0 bridgehead atoms. The Hall–Kier alpha value is -3.15. The lowest BCUT2D eigenvalue weighted by atomic mass is 10.0. The highest BCUT2D eigenvalue weighted by Crippen LogP contribution is 2.32. The number of methoxy groups -OCH3 is 1. The second-order valence-electron chi connectivity index (χ2n) is 5.78. The number of pyridine rings is 1. The summed E-state index contributed by atoms with van der Waals surface area (Å²) in [6.07, 6.45) is 3.82. The number of fused-ring (bicyclic) bond motifs is 2. The van der Waals surface area contributed by atoms with Gasteiger partial charge in [0.2, 0.25) is 5.88 Å². The Kier molecular flexibility index (Phi) is 3.13. The Morgan fingerprint density at radius 2 is 2.04 bits per heavy atom. The number of hydrogen-bond donors (Lipinski definition) is 1. The topological polar surface area (TPSA) is 72.8 Å². The number of H-pyrrole nitrogens is 1. The summed E-state index contributed by atoms with van der Waals surface area (Å²) < 4.78 is 7.25. The van der Waals surface area contributed by atoms with Gasteiger partial charge in [-0.25, -0.2) is 9.97 Å². The van der Waals surface area contributed by atoms with E-state index in [0.29, 0.717) is 22.6 Å². The lowest BCUT2D eigenvalue weighted by Crippen LogP contribution is -2.09. The average molecular weight is 320 g/mol. The van der Waals surface area contributed by atoms with Crippen molar-refractivity contribution in [3.05, 3.63) is 52.8 Å². The van der Waals surface area contributed by atoms with Gasteiger partial charge in [0, 0.05) is 30.3 Å². The van der Waals surface area contributed by atoms with Crippen molar-refractivity contribution < 1.29 is 4.74 Å². The van der Waals surface area contributed by atoms with Crippen LogP contribution in [0.1, 0.15) is 5.82 Å². The highest BCUT2D eigenvalue weighted by Gasteiger charge is 2.12. The Morgan fingerprint density at radius 3 is 2.83 bits per heavy atom. The fourth-order valence-electron chi connectivity index (χ4n) is 3.02. The summed E-state index contributed by atoms with van der Waals surface area (Å²) in [4.78, 5) is 23.6. The molecule has 4 rings (SSSR count). The van der Waals surface area contributed by atoms with Crippen LogP contribution in [0.15, 0.2) is 41.5 Å². The minimum Gasteiger partial charge on any atom is -0.481 e. The standard InChI is InChI=1S/C18H16N4O2/c1-10-20-15-5-4-11(6-13(15)18(23)21-10)14-9-22(2)16-8-19-17(24-3)7-12(14)16/h4-9H,1-3H3,(H,20,21,23). The number of nitrogens with one attached hydrogen (secondary N) is 1. The summed E-state index contributed by atoms with van der Waals surface area (Å²) >= 11 is 0. The minimum atomic E-state index is -0.126. The summed E-state index contributed by atoms with van der Waals surface area (Å²) in [5, 5.41) is 1.61. The number of aromatic nitrogens is 4. The molecule has 24 heavy (non-hydrogen) atoms. The summed E-state index contributed by atoms with van der Waals surface area (Å²) in [5.74, 6) is 1.17. The molecule has 3 heterocycles. The highest BCUT2D eigenvalue weighted by atomic mass is 16.5. The van der Waals surface area contributed by atoms with Gasteiger partial charge in [-0.2, -0.15) is 0 Å². The summed E-state index contributed by atoms with van der Waals surface area (Å²) in [6.45, 7) is 1.78. The largest absolute Gasteiger partial charge is 0.481 e. The van der Waals surface area contributed by atoms with E-state index in [-0.39, 0.29) is 5.56 Å². The van der Waals surface area contributed by atoms with E-state index in [0.717, 1.165) is 22.0 Å². The van der Waals surface area contributed by atoms with Crippen LogP contribution in [0.5, 0.6) is 5.88 Å². The molecule has 0 amide bonds. The molecule has 0 radical (unpaired) electrons. The van der Waals surface area contributed by atoms with Crippen molar-refractivity contribution in [3.8, 4) is 17.0 Å². The molecule has 6 nitrogen and oxygen atoms in total. The zero-order valence-electron chi connectivity index (χ0n) is 13.6. The molecule has 0 aliphatic carbocycles. The quantitative estimate of drug-likeness (QED) is 0.616. The first-order valence-electron chi connectivity index (χ1n) is 7.57. The van der Waals surface area contributed by atoms with E-state index < -0.39 is 0 Å². The van der Waals surface area contributed by atoms with Crippen LogP contribution in [0.3, 0.4) is 0 Å². The lowest BCUT2D eigenvalue weighted by molar-refractivity contribution is 0.398. The molecule has 0 aliphatic heterocycles. The second-order valence-corrected chi connectivity index (χ2v) is 5.78. The molecule has 1 aromatic carbocycles. The summed E-state index contributed by atoms with van der Waals surface area (Å²) in [6, 6.07) is 7.65. The van der Waals surface area contributed by atoms with Crippen molar-refractivity contribution in [2.45, 2.75) is 6.92 Å². The maximum absolute atomic E-state index is 12.2. The van der Waals surface area contributed by atoms with Gasteiger partial charge in [-0.3, -0.25) is 4.79 Å². The number of benzene rings is 1. The zero-order chi connectivity index (χ0) is 16.8. The summed E-state index contributed by atoms with van der Waals surface area (Å²) in [5.41, 5.74) is 3.55. The number of aryl methyl sites for hydroxylation is 2. The van der Waals surface area contributed by atoms with Crippen LogP contribution in [0.25, 0.3) is 32.9 Å². The average Bonchev–Trinajstić information content (AvgIpc) is 2.91. The predicted molar refractivity (Wildman–Crippen MR) is 93.4 cm³/mol. The molecule has 0 saturated heterocycles. The molecular formula is C18H16N4O2.